The van der Waals surface area contributed by atoms with Gasteiger partial charge in [-0.1, -0.05) is 48.5 Å². The van der Waals surface area contributed by atoms with Crippen LogP contribution in [0, 0.1) is 0 Å². The molecule has 178 valence electrons. The lowest BCUT2D eigenvalue weighted by molar-refractivity contribution is 0.418. The molecule has 0 saturated heterocycles. The van der Waals surface area contributed by atoms with Gasteiger partial charge in [0, 0.05) is 56.4 Å². The van der Waals surface area contributed by atoms with E-state index >= 15 is 0 Å². The second-order valence-electron chi connectivity index (χ2n) is 9.39. The van der Waals surface area contributed by atoms with Crippen molar-refractivity contribution in [2.75, 3.05) is 14.2 Å². The predicted molar refractivity (Wildman–Crippen MR) is 152 cm³/mol. The molecule has 2 aromatic heterocycles. The van der Waals surface area contributed by atoms with E-state index in [1.54, 1.807) is 14.2 Å². The van der Waals surface area contributed by atoms with E-state index in [0.29, 0.717) is 0 Å². The summed E-state index contributed by atoms with van der Waals surface area (Å²) in [5, 5.41) is 9.95. The molecule has 0 aliphatic carbocycles. The first-order valence-electron chi connectivity index (χ1n) is 12.6. The van der Waals surface area contributed by atoms with Crippen molar-refractivity contribution in [1.82, 2.24) is 9.13 Å². The SMILES string of the molecule is CCn1c2ccccc2c2c3c(ccc4cc(OC)c5c(c6ccccc6n5CC)c43)cc(OC)c21. The second-order valence-corrected chi connectivity index (χ2v) is 9.39. The lowest BCUT2D eigenvalue weighted by Crippen LogP contribution is -1.97. The zero-order chi connectivity index (χ0) is 24.6. The highest BCUT2D eigenvalue weighted by atomic mass is 16.5. The van der Waals surface area contributed by atoms with E-state index in [1.807, 2.05) is 0 Å². The number of methoxy groups -OCH3 is 2. The quantitative estimate of drug-likeness (QED) is 0.241. The van der Waals surface area contributed by atoms with E-state index < -0.39 is 0 Å². The molecule has 0 saturated carbocycles. The van der Waals surface area contributed by atoms with E-state index in [0.717, 1.165) is 35.6 Å². The van der Waals surface area contributed by atoms with Crippen molar-refractivity contribution < 1.29 is 9.47 Å². The minimum absolute atomic E-state index is 0.870. The highest BCUT2D eigenvalue weighted by Gasteiger charge is 2.23. The van der Waals surface area contributed by atoms with Gasteiger partial charge in [0.05, 0.1) is 25.3 Å². The maximum absolute atomic E-state index is 5.99. The molecule has 4 nitrogen and oxygen atoms in total. The molecule has 7 aromatic rings. The summed E-state index contributed by atoms with van der Waals surface area (Å²) in [5.74, 6) is 1.83. The largest absolute Gasteiger partial charge is 0.495 e. The van der Waals surface area contributed by atoms with Crippen molar-refractivity contribution in [3.05, 3.63) is 72.8 Å². The Kier molecular flexibility index (Phi) is 4.50. The van der Waals surface area contributed by atoms with Crippen LogP contribution in [0.4, 0.5) is 0 Å². The number of aromatic nitrogens is 2. The van der Waals surface area contributed by atoms with Gasteiger partial charge >= 0.3 is 0 Å². The summed E-state index contributed by atoms with van der Waals surface area (Å²) < 4.78 is 16.8. The Morgan fingerprint density at radius 2 is 0.972 bits per heavy atom. The maximum Gasteiger partial charge on any atom is 0.143 e. The minimum Gasteiger partial charge on any atom is -0.495 e. The smallest absolute Gasteiger partial charge is 0.143 e. The average Bonchev–Trinajstić information content (AvgIpc) is 3.45. The standard InChI is InChI=1S/C32H28N2O2/c1-5-33-23-13-9-7-11-21(23)29-27-19(17-25(35-3)31(29)33)15-16-20-18-26(36-4)32-30(28(20)27)22-12-8-10-14-24(22)34(32)6-2/h7-18H,5-6H2,1-4H3. The summed E-state index contributed by atoms with van der Waals surface area (Å²) in [4.78, 5) is 0. The van der Waals surface area contributed by atoms with Gasteiger partial charge in [-0.25, -0.2) is 0 Å². The monoisotopic (exact) mass is 472 g/mol. The zero-order valence-electron chi connectivity index (χ0n) is 21.1. The van der Waals surface area contributed by atoms with Gasteiger partial charge in [0.2, 0.25) is 0 Å². The van der Waals surface area contributed by atoms with Gasteiger partial charge in [0.25, 0.3) is 0 Å². The lowest BCUT2D eigenvalue weighted by atomic mass is 9.93. The molecular formula is C32H28N2O2. The van der Waals surface area contributed by atoms with Gasteiger partial charge in [-0.05, 0) is 48.9 Å². The van der Waals surface area contributed by atoms with Gasteiger partial charge in [0.15, 0.2) is 0 Å². The van der Waals surface area contributed by atoms with Crippen LogP contribution >= 0.6 is 0 Å². The third-order valence-electron chi connectivity index (χ3n) is 7.82. The fraction of sp³-hybridized carbons (Fsp3) is 0.188. The first kappa shape index (κ1) is 21.1. The zero-order valence-corrected chi connectivity index (χ0v) is 21.1. The number of para-hydroxylation sites is 2. The van der Waals surface area contributed by atoms with E-state index in [9.17, 15) is 0 Å². The first-order valence-corrected chi connectivity index (χ1v) is 12.6. The number of hydrogen-bond donors (Lipinski definition) is 0. The van der Waals surface area contributed by atoms with Crippen molar-refractivity contribution in [1.29, 1.82) is 0 Å². The molecule has 0 aliphatic heterocycles. The molecule has 0 atom stereocenters. The Labute approximate surface area is 209 Å². The number of ether oxygens (including phenoxy) is 2. The second kappa shape index (κ2) is 7.66. The molecule has 0 amide bonds. The molecule has 0 fully saturated rings. The molecule has 0 unspecified atom stereocenters. The van der Waals surface area contributed by atoms with Crippen LogP contribution in [-0.4, -0.2) is 23.4 Å². The Balaban J connectivity index is 1.88. The van der Waals surface area contributed by atoms with Crippen LogP contribution in [0.5, 0.6) is 11.5 Å². The van der Waals surface area contributed by atoms with Crippen molar-refractivity contribution in [3.63, 3.8) is 0 Å². The van der Waals surface area contributed by atoms with Crippen LogP contribution in [-0.2, 0) is 13.1 Å². The molecule has 0 bridgehead atoms. The lowest BCUT2D eigenvalue weighted by Gasteiger charge is -2.14. The van der Waals surface area contributed by atoms with E-state index in [4.69, 9.17) is 9.47 Å². The predicted octanol–water partition coefficient (Wildman–Crippen LogP) is 8.27. The van der Waals surface area contributed by atoms with Gasteiger partial charge in [0.1, 0.15) is 11.5 Å². The number of rotatable bonds is 4. The number of nitrogens with zero attached hydrogens (tertiary/aromatic N) is 2. The van der Waals surface area contributed by atoms with Crippen LogP contribution in [0.1, 0.15) is 13.8 Å². The van der Waals surface area contributed by atoms with Crippen molar-refractivity contribution >= 4 is 65.2 Å². The normalized spacial score (nSPS) is 12.1. The Morgan fingerprint density at radius 3 is 1.36 bits per heavy atom. The molecule has 4 heteroatoms. The van der Waals surface area contributed by atoms with E-state index in [-0.39, 0.29) is 0 Å². The molecule has 2 heterocycles. The van der Waals surface area contributed by atoms with E-state index in [1.165, 1.54) is 54.1 Å². The highest BCUT2D eigenvalue weighted by molar-refractivity contribution is 6.36. The van der Waals surface area contributed by atoms with Gasteiger partial charge in [-0.15, -0.1) is 0 Å². The van der Waals surface area contributed by atoms with Gasteiger partial charge in [-0.3, -0.25) is 0 Å². The third-order valence-corrected chi connectivity index (χ3v) is 7.82. The molecule has 36 heavy (non-hydrogen) atoms. The summed E-state index contributed by atoms with van der Waals surface area (Å²) in [6.45, 7) is 6.15. The fourth-order valence-corrected chi connectivity index (χ4v) is 6.43. The van der Waals surface area contributed by atoms with Gasteiger partial charge in [-0.2, -0.15) is 0 Å². The summed E-state index contributed by atoms with van der Waals surface area (Å²) in [7, 11) is 3.55. The van der Waals surface area contributed by atoms with Crippen LogP contribution in [0.3, 0.4) is 0 Å². The van der Waals surface area contributed by atoms with Crippen molar-refractivity contribution in [2.45, 2.75) is 26.9 Å². The Hall–Kier alpha value is -4.18. The fourth-order valence-electron chi connectivity index (χ4n) is 6.43. The number of benzene rings is 5. The molecule has 7 rings (SSSR count). The molecule has 0 N–H and O–H groups in total. The summed E-state index contributed by atoms with van der Waals surface area (Å²) >= 11 is 0. The third kappa shape index (κ3) is 2.54. The molecule has 0 radical (unpaired) electrons. The van der Waals surface area contributed by atoms with Crippen molar-refractivity contribution in [3.8, 4) is 11.5 Å². The number of aryl methyl sites for hydroxylation is 2. The summed E-state index contributed by atoms with van der Waals surface area (Å²) in [6.07, 6.45) is 0. The topological polar surface area (TPSA) is 28.3 Å². The van der Waals surface area contributed by atoms with Crippen LogP contribution in [0.2, 0.25) is 0 Å². The summed E-state index contributed by atoms with van der Waals surface area (Å²) in [5.41, 5.74) is 4.78. The van der Waals surface area contributed by atoms with Crippen LogP contribution < -0.4 is 9.47 Å². The number of fused-ring (bicyclic) bond motifs is 11. The molecular weight excluding hydrogens is 444 g/mol. The van der Waals surface area contributed by atoms with Crippen molar-refractivity contribution in [2.24, 2.45) is 0 Å². The molecule has 5 aromatic carbocycles. The van der Waals surface area contributed by atoms with Crippen LogP contribution in [0.15, 0.2) is 72.8 Å². The van der Waals surface area contributed by atoms with E-state index in [2.05, 4.69) is 95.8 Å². The molecule has 0 aliphatic rings. The molecule has 0 spiro atoms. The average molecular weight is 473 g/mol. The summed E-state index contributed by atoms with van der Waals surface area (Å²) in [6, 6.07) is 26.3. The van der Waals surface area contributed by atoms with Gasteiger partial charge < -0.3 is 18.6 Å². The first-order chi connectivity index (χ1) is 17.7. The minimum atomic E-state index is 0.870. The van der Waals surface area contributed by atoms with Crippen LogP contribution in [0.25, 0.3) is 65.2 Å². The Bertz CT molecular complexity index is 1850. The maximum atomic E-state index is 5.99. The highest BCUT2D eigenvalue weighted by Crippen LogP contribution is 2.48. The Morgan fingerprint density at radius 1 is 0.556 bits per heavy atom. The number of hydrogen-bond acceptors (Lipinski definition) is 2.